The van der Waals surface area contributed by atoms with Gasteiger partial charge in [0.2, 0.25) is 0 Å². The third-order valence-corrected chi connectivity index (χ3v) is 10.8. The molecule has 2 aliphatic rings. The van der Waals surface area contributed by atoms with E-state index in [4.69, 9.17) is 4.74 Å². The summed E-state index contributed by atoms with van der Waals surface area (Å²) in [6.45, 7) is 7.83. The molecule has 0 saturated carbocycles. The Kier molecular flexibility index (Phi) is 14.0. The lowest BCUT2D eigenvalue weighted by molar-refractivity contribution is 0.0600. The maximum atomic E-state index is 15.2. The van der Waals surface area contributed by atoms with E-state index in [1.807, 2.05) is 18.2 Å². The fourth-order valence-electron chi connectivity index (χ4n) is 6.72. The molecular weight excluding hydrogens is 729 g/mol. The molecule has 0 spiro atoms. The van der Waals surface area contributed by atoms with Gasteiger partial charge in [0, 0.05) is 53.4 Å². The number of ether oxygens (including phenoxy) is 1. The molecule has 4 aromatic rings. The molecule has 3 aromatic carbocycles. The molecule has 0 atom stereocenters. The van der Waals surface area contributed by atoms with Crippen LogP contribution in [0.4, 0.5) is 19.5 Å². The Bertz CT molecular complexity index is 1900. The maximum Gasteiger partial charge on any atom is 0.337 e. The Morgan fingerprint density at radius 2 is 1.60 bits per heavy atom. The first-order valence-electron chi connectivity index (χ1n) is 17.0. The largest absolute Gasteiger partial charge is 0.465 e. The van der Waals surface area contributed by atoms with E-state index >= 15 is 8.78 Å². The van der Waals surface area contributed by atoms with Gasteiger partial charge in [-0.2, -0.15) is 0 Å². The van der Waals surface area contributed by atoms with Crippen LogP contribution in [0.25, 0.3) is 0 Å². The Labute approximate surface area is 319 Å². The second-order valence-electron chi connectivity index (χ2n) is 13.5. The number of nitrogens with zero attached hydrogens (tertiary/aromatic N) is 1. The Hall–Kier alpha value is -3.87. The number of carbonyl (C=O) groups is 3. The summed E-state index contributed by atoms with van der Waals surface area (Å²) >= 11 is 1.39. The van der Waals surface area contributed by atoms with Gasteiger partial charge in [0.25, 0.3) is 11.8 Å². The molecular formula is C39H44Cl2F2N4O4S. The van der Waals surface area contributed by atoms with E-state index in [0.717, 1.165) is 72.6 Å². The molecule has 1 aromatic heterocycles. The quantitative estimate of drug-likeness (QED) is 0.141. The molecule has 0 unspecified atom stereocenters. The number of amides is 2. The Morgan fingerprint density at radius 1 is 0.885 bits per heavy atom. The van der Waals surface area contributed by atoms with Crippen LogP contribution >= 0.6 is 36.2 Å². The number of hydrogen-bond acceptors (Lipinski definition) is 7. The molecule has 0 bridgehead atoms. The number of carbonyl (C=O) groups excluding carboxylic acids is 3. The first kappa shape index (κ1) is 40.9. The highest BCUT2D eigenvalue weighted by Crippen LogP contribution is 2.39. The molecule has 1 saturated heterocycles. The third-order valence-electron chi connectivity index (χ3n) is 9.60. The van der Waals surface area contributed by atoms with Crippen molar-refractivity contribution in [1.29, 1.82) is 0 Å². The summed E-state index contributed by atoms with van der Waals surface area (Å²) in [5.74, 6) is -2.83. The van der Waals surface area contributed by atoms with Crippen LogP contribution in [0.1, 0.15) is 84.9 Å². The molecule has 8 nitrogen and oxygen atoms in total. The van der Waals surface area contributed by atoms with Gasteiger partial charge in [-0.05, 0) is 105 Å². The zero-order valence-corrected chi connectivity index (χ0v) is 31.9. The minimum absolute atomic E-state index is 0. The molecule has 278 valence electrons. The molecule has 2 heterocycles. The van der Waals surface area contributed by atoms with Crippen molar-refractivity contribution in [2.75, 3.05) is 37.4 Å². The van der Waals surface area contributed by atoms with Gasteiger partial charge in [-0.1, -0.05) is 24.3 Å². The number of rotatable bonds is 10. The molecule has 52 heavy (non-hydrogen) atoms. The average molecular weight is 774 g/mol. The fraction of sp³-hybridized carbons (Fsp3) is 0.359. The number of methoxy groups -OCH3 is 1. The van der Waals surface area contributed by atoms with Gasteiger partial charge in [0.1, 0.15) is 16.6 Å². The van der Waals surface area contributed by atoms with Crippen molar-refractivity contribution < 1.29 is 27.9 Å². The monoisotopic (exact) mass is 772 g/mol. The second-order valence-corrected chi connectivity index (χ2v) is 14.6. The normalized spacial score (nSPS) is 15.0. The summed E-state index contributed by atoms with van der Waals surface area (Å²) in [4.78, 5) is 42.5. The average Bonchev–Trinajstić information content (AvgIpc) is 3.46. The lowest BCUT2D eigenvalue weighted by Crippen LogP contribution is -2.57. The zero-order valence-electron chi connectivity index (χ0n) is 29.4. The minimum atomic E-state index is -0.767. The van der Waals surface area contributed by atoms with Crippen LogP contribution in [0.15, 0.2) is 60.7 Å². The van der Waals surface area contributed by atoms with Crippen LogP contribution in [-0.4, -0.2) is 55.0 Å². The summed E-state index contributed by atoms with van der Waals surface area (Å²) in [7, 11) is 1.30. The summed E-state index contributed by atoms with van der Waals surface area (Å²) in [6, 6.07) is 16.5. The van der Waals surface area contributed by atoms with E-state index < -0.39 is 23.5 Å². The summed E-state index contributed by atoms with van der Waals surface area (Å²) in [6.07, 6.45) is 3.82. The number of aryl methyl sites for hydroxylation is 2. The molecule has 1 fully saturated rings. The number of anilines is 2. The molecule has 6 rings (SSSR count). The van der Waals surface area contributed by atoms with Crippen molar-refractivity contribution in [2.24, 2.45) is 0 Å². The number of fused-ring (bicyclic) bond motifs is 1. The van der Waals surface area contributed by atoms with Crippen molar-refractivity contribution in [3.63, 3.8) is 0 Å². The van der Waals surface area contributed by atoms with Gasteiger partial charge >= 0.3 is 5.97 Å². The first-order chi connectivity index (χ1) is 24.0. The SMILES string of the molecule is COC(=O)c1ccc(CCc2c(F)cc(NC(=O)c3c(NC(=O)c4cccc(CN5CCNCC5(C)C)c4)sc4c3CCCC4)cc2F)cc1.Cl.Cl. The number of piperazine rings is 1. The van der Waals surface area contributed by atoms with Crippen LogP contribution in [0.5, 0.6) is 0 Å². The lowest BCUT2D eigenvalue weighted by atomic mass is 9.95. The predicted octanol–water partition coefficient (Wildman–Crippen LogP) is 8.01. The number of benzene rings is 3. The number of halogens is 4. The number of esters is 1. The number of nitrogens with one attached hydrogen (secondary N) is 3. The summed E-state index contributed by atoms with van der Waals surface area (Å²) in [5.41, 5.74) is 3.83. The van der Waals surface area contributed by atoms with Crippen LogP contribution < -0.4 is 16.0 Å². The van der Waals surface area contributed by atoms with Crippen molar-refractivity contribution in [3.8, 4) is 0 Å². The van der Waals surface area contributed by atoms with Crippen molar-refractivity contribution in [1.82, 2.24) is 10.2 Å². The molecule has 13 heteroatoms. The highest BCUT2D eigenvalue weighted by atomic mass is 35.5. The van der Waals surface area contributed by atoms with E-state index in [9.17, 15) is 14.4 Å². The van der Waals surface area contributed by atoms with Gasteiger partial charge < -0.3 is 20.7 Å². The van der Waals surface area contributed by atoms with E-state index in [1.54, 1.807) is 30.3 Å². The van der Waals surface area contributed by atoms with Crippen LogP contribution in [-0.2, 0) is 37.0 Å². The molecule has 1 aliphatic carbocycles. The van der Waals surface area contributed by atoms with Gasteiger partial charge in [0.15, 0.2) is 0 Å². The highest BCUT2D eigenvalue weighted by molar-refractivity contribution is 7.17. The van der Waals surface area contributed by atoms with Crippen molar-refractivity contribution >= 4 is 64.6 Å². The standard InChI is InChI=1S/C39H42F2N4O4S.2ClH/c1-39(2)23-42-17-18-45(39)22-25-7-6-8-27(19-25)35(46)44-37-34(30-9-4-5-10-33(30)50-37)36(47)43-28-20-31(40)29(32(41)21-28)16-13-24-11-14-26(15-12-24)38(48)49-3;;/h6-8,11-12,14-15,19-21,42H,4-5,9-10,13,16-18,22-23H2,1-3H3,(H,43,47)(H,44,46);2*1H. The second kappa shape index (κ2) is 17.8. The van der Waals surface area contributed by atoms with Gasteiger partial charge in [-0.3, -0.25) is 14.5 Å². The highest BCUT2D eigenvalue weighted by Gasteiger charge is 2.30. The molecule has 3 N–H and O–H groups in total. The number of hydrogen-bond donors (Lipinski definition) is 3. The van der Waals surface area contributed by atoms with Crippen LogP contribution in [0.3, 0.4) is 0 Å². The van der Waals surface area contributed by atoms with Gasteiger partial charge in [-0.15, -0.1) is 36.2 Å². The van der Waals surface area contributed by atoms with Crippen molar-refractivity contribution in [2.45, 2.75) is 64.5 Å². The minimum Gasteiger partial charge on any atom is -0.465 e. The lowest BCUT2D eigenvalue weighted by Gasteiger charge is -2.43. The third kappa shape index (κ3) is 9.37. The molecule has 1 aliphatic heterocycles. The molecule has 2 amide bonds. The van der Waals surface area contributed by atoms with Gasteiger partial charge in [-0.25, -0.2) is 13.6 Å². The van der Waals surface area contributed by atoms with E-state index in [0.29, 0.717) is 41.1 Å². The fourth-order valence-corrected chi connectivity index (χ4v) is 8.00. The summed E-state index contributed by atoms with van der Waals surface area (Å²) < 4.78 is 35.2. The van der Waals surface area contributed by atoms with Crippen molar-refractivity contribution in [3.05, 3.63) is 116 Å². The zero-order chi connectivity index (χ0) is 35.4. The topological polar surface area (TPSA) is 99.8 Å². The first-order valence-corrected chi connectivity index (χ1v) is 17.8. The Morgan fingerprint density at radius 3 is 2.29 bits per heavy atom. The summed E-state index contributed by atoms with van der Waals surface area (Å²) in [5, 5.41) is 9.56. The molecule has 0 radical (unpaired) electrons. The van der Waals surface area contributed by atoms with E-state index in [2.05, 4.69) is 34.7 Å². The van der Waals surface area contributed by atoms with Gasteiger partial charge in [0.05, 0.1) is 18.2 Å². The van der Waals surface area contributed by atoms with Crippen LogP contribution in [0, 0.1) is 11.6 Å². The van der Waals surface area contributed by atoms with E-state index in [1.165, 1.54) is 18.4 Å². The smallest absolute Gasteiger partial charge is 0.337 e. The van der Waals surface area contributed by atoms with E-state index in [-0.39, 0.29) is 53.9 Å². The Balaban J connectivity index is 0.00000302. The van der Waals surface area contributed by atoms with Crippen LogP contribution in [0.2, 0.25) is 0 Å². The predicted molar refractivity (Wildman–Crippen MR) is 207 cm³/mol. The number of thiophene rings is 1. The maximum absolute atomic E-state index is 15.2.